The Morgan fingerprint density at radius 1 is 0.868 bits per heavy atom. The maximum absolute atomic E-state index is 12.7. The second-order valence-electron chi connectivity index (χ2n) is 9.20. The average Bonchev–Trinajstić information content (AvgIpc) is 2.85. The second-order valence-corrected chi connectivity index (χ2v) is 10.2. The molecule has 1 aliphatic rings. The number of piperazine rings is 1. The van der Waals surface area contributed by atoms with Crippen molar-refractivity contribution in [3.63, 3.8) is 0 Å². The fourth-order valence-electron chi connectivity index (χ4n) is 4.27. The number of hydrogen-bond donors (Lipinski definition) is 0. The van der Waals surface area contributed by atoms with Gasteiger partial charge in [-0.15, -0.1) is 11.8 Å². The first kappa shape index (κ1) is 28.1. The number of benzene rings is 2. The van der Waals surface area contributed by atoms with E-state index in [0.717, 1.165) is 72.6 Å². The molecule has 3 aromatic rings. The molecule has 0 aliphatic carbocycles. The molecule has 38 heavy (non-hydrogen) atoms. The third-order valence-corrected chi connectivity index (χ3v) is 7.44. The van der Waals surface area contributed by atoms with E-state index in [2.05, 4.69) is 14.8 Å². The minimum absolute atomic E-state index is 0.0771. The monoisotopic (exact) mass is 555 g/mol. The maximum atomic E-state index is 12.7. The Kier molecular flexibility index (Phi) is 8.46. The van der Waals surface area contributed by atoms with Crippen molar-refractivity contribution in [1.29, 1.82) is 0 Å². The second kappa shape index (κ2) is 11.4. The number of anilines is 1. The number of nitrogens with zero attached hydrogens (tertiary/aromatic N) is 3. The minimum Gasteiger partial charge on any atom is -0.439 e. The van der Waals surface area contributed by atoms with Crippen LogP contribution < -0.4 is 9.64 Å². The Morgan fingerprint density at radius 3 is 2.13 bits per heavy atom. The van der Waals surface area contributed by atoms with Crippen LogP contribution in [0.4, 0.5) is 32.0 Å². The highest BCUT2D eigenvalue weighted by molar-refractivity contribution is 7.99. The molecule has 2 aromatic carbocycles. The lowest BCUT2D eigenvalue weighted by Crippen LogP contribution is -2.46. The third kappa shape index (κ3) is 7.57. The lowest BCUT2D eigenvalue weighted by atomic mass is 10.1. The van der Waals surface area contributed by atoms with Crippen LogP contribution >= 0.6 is 11.8 Å². The van der Waals surface area contributed by atoms with Crippen molar-refractivity contribution in [2.45, 2.75) is 37.6 Å². The van der Waals surface area contributed by atoms with Gasteiger partial charge in [-0.1, -0.05) is 18.2 Å². The van der Waals surface area contributed by atoms with Crippen molar-refractivity contribution in [2.24, 2.45) is 0 Å². The van der Waals surface area contributed by atoms with Crippen LogP contribution in [0.3, 0.4) is 0 Å². The third-order valence-electron chi connectivity index (χ3n) is 6.21. The summed E-state index contributed by atoms with van der Waals surface area (Å²) in [5.41, 5.74) is 3.09. The molecule has 2 heterocycles. The summed E-state index contributed by atoms with van der Waals surface area (Å²) < 4.78 is 81.8. The normalized spacial score (nSPS) is 15.1. The molecule has 4 nitrogen and oxygen atoms in total. The van der Waals surface area contributed by atoms with Crippen molar-refractivity contribution >= 4 is 17.4 Å². The number of ether oxygens (including phenoxy) is 1. The number of thioether (sulfide) groups is 1. The summed E-state index contributed by atoms with van der Waals surface area (Å²) in [6, 6.07) is 13.2. The van der Waals surface area contributed by atoms with Crippen LogP contribution in [-0.4, -0.2) is 48.0 Å². The first-order valence-corrected chi connectivity index (χ1v) is 12.9. The van der Waals surface area contributed by atoms with Gasteiger partial charge in [-0.05, 0) is 54.8 Å². The molecular formula is C27H27F6N3OS. The van der Waals surface area contributed by atoms with Gasteiger partial charge in [0, 0.05) is 55.6 Å². The van der Waals surface area contributed by atoms with Gasteiger partial charge in [0.25, 0.3) is 0 Å². The number of rotatable bonds is 7. The van der Waals surface area contributed by atoms with Gasteiger partial charge in [-0.25, -0.2) is 4.98 Å². The predicted molar refractivity (Wildman–Crippen MR) is 136 cm³/mol. The summed E-state index contributed by atoms with van der Waals surface area (Å²) in [6.45, 7) is 7.65. The summed E-state index contributed by atoms with van der Waals surface area (Å²) in [7, 11) is 0. The summed E-state index contributed by atoms with van der Waals surface area (Å²) in [5, 5.41) is 0. The molecule has 0 radical (unpaired) electrons. The van der Waals surface area contributed by atoms with E-state index in [4.69, 9.17) is 4.74 Å². The largest absolute Gasteiger partial charge is 0.439 e. The van der Waals surface area contributed by atoms with Gasteiger partial charge in [-0.3, -0.25) is 4.90 Å². The van der Waals surface area contributed by atoms with Crippen molar-refractivity contribution in [3.8, 4) is 11.6 Å². The van der Waals surface area contributed by atoms with Crippen LogP contribution in [0.5, 0.6) is 11.6 Å². The Hall–Kier alpha value is -2.92. The van der Waals surface area contributed by atoms with E-state index in [1.54, 1.807) is 12.1 Å². The number of aromatic nitrogens is 1. The highest BCUT2D eigenvalue weighted by Gasteiger charge is 2.31. The Bertz CT molecular complexity index is 1220. The van der Waals surface area contributed by atoms with Crippen molar-refractivity contribution in [2.75, 3.05) is 36.8 Å². The molecule has 0 atom stereocenters. The Labute approximate surface area is 221 Å². The zero-order valence-corrected chi connectivity index (χ0v) is 21.7. The van der Waals surface area contributed by atoms with E-state index in [-0.39, 0.29) is 5.88 Å². The number of halogens is 6. The average molecular weight is 556 g/mol. The van der Waals surface area contributed by atoms with Crippen LogP contribution in [0.2, 0.25) is 0 Å². The molecule has 11 heteroatoms. The van der Waals surface area contributed by atoms with Crippen LogP contribution in [0.15, 0.2) is 59.6 Å². The van der Waals surface area contributed by atoms with Gasteiger partial charge in [0.15, 0.2) is 0 Å². The van der Waals surface area contributed by atoms with Gasteiger partial charge in [-0.2, -0.15) is 26.3 Å². The van der Waals surface area contributed by atoms with Gasteiger partial charge in [0.2, 0.25) is 5.88 Å². The van der Waals surface area contributed by atoms with Crippen LogP contribution in [0.25, 0.3) is 0 Å². The molecule has 0 bridgehead atoms. The summed E-state index contributed by atoms with van der Waals surface area (Å²) >= 11 is 0.825. The summed E-state index contributed by atoms with van der Waals surface area (Å²) in [4.78, 5) is 8.89. The molecule has 204 valence electrons. The van der Waals surface area contributed by atoms with Gasteiger partial charge in [0.1, 0.15) is 5.75 Å². The lowest BCUT2D eigenvalue weighted by Gasteiger charge is -2.37. The number of pyridine rings is 1. The molecule has 0 saturated carbocycles. The standard InChI is InChI=1S/C27H27F6N3OS/c1-18-13-19(2)24(38-17-26(28,29)30)14-23(18)36-11-9-35(10-12-36)16-20-3-6-22(7-4-20)37-25-8-5-21(15-34-25)27(31,32)33/h3-8,13-15H,9-12,16-17H2,1-2H3. The number of aryl methyl sites for hydroxylation is 2. The molecule has 1 fully saturated rings. The lowest BCUT2D eigenvalue weighted by molar-refractivity contribution is -0.137. The Balaban J connectivity index is 1.31. The maximum Gasteiger partial charge on any atom is 0.417 e. The molecule has 0 N–H and O–H groups in total. The number of alkyl halides is 6. The highest BCUT2D eigenvalue weighted by Crippen LogP contribution is 2.35. The smallest absolute Gasteiger partial charge is 0.417 e. The molecular weight excluding hydrogens is 528 g/mol. The first-order chi connectivity index (χ1) is 17.9. The zero-order valence-electron chi connectivity index (χ0n) is 20.9. The molecule has 1 aliphatic heterocycles. The topological polar surface area (TPSA) is 28.6 Å². The minimum atomic E-state index is -4.45. The summed E-state index contributed by atoms with van der Waals surface area (Å²) in [6.07, 6.45) is -7.92. The highest BCUT2D eigenvalue weighted by atomic mass is 32.2. The molecule has 1 saturated heterocycles. The number of hydrogen-bond acceptors (Lipinski definition) is 5. The first-order valence-electron chi connectivity index (χ1n) is 12.0. The SMILES string of the molecule is Cc1cc(C)c(N2CCN(Cc3ccc(Oc4ccc(C(F)(F)F)cn4)cc3)CC2)cc1SCC(F)(F)F. The fraction of sp³-hybridized carbons (Fsp3) is 0.370. The van der Waals surface area contributed by atoms with Gasteiger partial charge < -0.3 is 9.64 Å². The van der Waals surface area contributed by atoms with E-state index in [1.165, 1.54) is 6.07 Å². The van der Waals surface area contributed by atoms with E-state index in [0.29, 0.717) is 17.2 Å². The van der Waals surface area contributed by atoms with Crippen LogP contribution in [0.1, 0.15) is 22.3 Å². The van der Waals surface area contributed by atoms with Crippen LogP contribution in [-0.2, 0) is 12.7 Å². The van der Waals surface area contributed by atoms with E-state index >= 15 is 0 Å². The fourth-order valence-corrected chi connectivity index (χ4v) is 5.08. The van der Waals surface area contributed by atoms with Gasteiger partial charge in [0.05, 0.1) is 11.3 Å². The molecule has 0 amide bonds. The van der Waals surface area contributed by atoms with E-state index < -0.39 is 23.7 Å². The molecule has 0 spiro atoms. The quantitative estimate of drug-likeness (QED) is 0.223. The summed E-state index contributed by atoms with van der Waals surface area (Å²) in [5.74, 6) is -0.359. The molecule has 0 unspecified atom stereocenters. The van der Waals surface area contributed by atoms with Gasteiger partial charge >= 0.3 is 12.4 Å². The van der Waals surface area contributed by atoms with Crippen molar-refractivity contribution in [3.05, 3.63) is 77.0 Å². The predicted octanol–water partition coefficient (Wildman–Crippen LogP) is 7.49. The van der Waals surface area contributed by atoms with E-state index in [9.17, 15) is 26.3 Å². The molecule has 4 rings (SSSR count). The Morgan fingerprint density at radius 2 is 1.55 bits per heavy atom. The molecule has 1 aromatic heterocycles. The van der Waals surface area contributed by atoms with Crippen molar-refractivity contribution < 1.29 is 31.1 Å². The van der Waals surface area contributed by atoms with Crippen LogP contribution in [0, 0.1) is 13.8 Å². The van der Waals surface area contributed by atoms with E-state index in [1.807, 2.05) is 38.1 Å². The zero-order chi connectivity index (χ0) is 27.5. The van der Waals surface area contributed by atoms with Crippen molar-refractivity contribution in [1.82, 2.24) is 9.88 Å².